The lowest BCUT2D eigenvalue weighted by Crippen LogP contribution is -2.55. The maximum Gasteiger partial charge on any atom is 0.338 e. The van der Waals surface area contributed by atoms with Crippen molar-refractivity contribution in [3.05, 3.63) is 46.7 Å². The SMILES string of the molecule is CCCNC(=O)N1CCN(CC2=C(C(=O)OCC)[C@@H](c3ccc(C(C)C)cc3)NC(=O)N2CC)CC1. The number of urea groups is 2. The van der Waals surface area contributed by atoms with Gasteiger partial charge in [0.15, 0.2) is 0 Å². The molecular formula is C27H41N5O4. The van der Waals surface area contributed by atoms with Gasteiger partial charge in [-0.3, -0.25) is 9.80 Å². The number of carbonyl (C=O) groups is 3. The van der Waals surface area contributed by atoms with Gasteiger partial charge in [0, 0.05) is 51.5 Å². The molecule has 1 saturated heterocycles. The van der Waals surface area contributed by atoms with Gasteiger partial charge in [0.2, 0.25) is 0 Å². The molecule has 0 bridgehead atoms. The van der Waals surface area contributed by atoms with Crippen molar-refractivity contribution in [1.29, 1.82) is 0 Å². The van der Waals surface area contributed by atoms with E-state index in [2.05, 4.69) is 29.4 Å². The Balaban J connectivity index is 1.90. The van der Waals surface area contributed by atoms with Gasteiger partial charge in [-0.2, -0.15) is 0 Å². The Kier molecular flexibility index (Phi) is 9.75. The van der Waals surface area contributed by atoms with Crippen LogP contribution in [0.4, 0.5) is 9.59 Å². The summed E-state index contributed by atoms with van der Waals surface area (Å²) in [6.45, 7) is 14.3. The number of amides is 4. The van der Waals surface area contributed by atoms with Gasteiger partial charge in [0.1, 0.15) is 0 Å². The fourth-order valence-electron chi connectivity index (χ4n) is 4.65. The molecule has 2 aliphatic rings. The summed E-state index contributed by atoms with van der Waals surface area (Å²) in [5, 5.41) is 5.96. The van der Waals surface area contributed by atoms with Gasteiger partial charge in [-0.15, -0.1) is 0 Å². The summed E-state index contributed by atoms with van der Waals surface area (Å²) in [5.41, 5.74) is 3.18. The van der Waals surface area contributed by atoms with Crippen LogP contribution in [-0.2, 0) is 9.53 Å². The average molecular weight is 500 g/mol. The first-order chi connectivity index (χ1) is 17.3. The second-order valence-electron chi connectivity index (χ2n) is 9.52. The molecule has 1 aromatic carbocycles. The van der Waals surface area contributed by atoms with E-state index in [9.17, 15) is 14.4 Å². The van der Waals surface area contributed by atoms with Gasteiger partial charge < -0.3 is 20.3 Å². The first kappa shape index (κ1) is 27.5. The van der Waals surface area contributed by atoms with E-state index in [0.29, 0.717) is 63.0 Å². The third-order valence-corrected chi connectivity index (χ3v) is 6.75. The number of carbonyl (C=O) groups excluding carboxylic acids is 3. The van der Waals surface area contributed by atoms with Crippen LogP contribution in [0.15, 0.2) is 35.5 Å². The van der Waals surface area contributed by atoms with Crippen LogP contribution in [0.2, 0.25) is 0 Å². The molecule has 2 heterocycles. The van der Waals surface area contributed by atoms with Crippen molar-refractivity contribution in [2.24, 2.45) is 0 Å². The summed E-state index contributed by atoms with van der Waals surface area (Å²) in [7, 11) is 0. The van der Waals surface area contributed by atoms with Crippen LogP contribution in [-0.4, -0.2) is 85.2 Å². The summed E-state index contributed by atoms with van der Waals surface area (Å²) < 4.78 is 5.47. The molecule has 36 heavy (non-hydrogen) atoms. The number of esters is 1. The van der Waals surface area contributed by atoms with Crippen molar-refractivity contribution in [2.75, 3.05) is 52.4 Å². The Morgan fingerprint density at radius 1 is 1.08 bits per heavy atom. The highest BCUT2D eigenvalue weighted by molar-refractivity contribution is 5.95. The van der Waals surface area contributed by atoms with Crippen molar-refractivity contribution in [3.8, 4) is 0 Å². The molecule has 0 aromatic heterocycles. The summed E-state index contributed by atoms with van der Waals surface area (Å²) in [5.74, 6) is -0.0320. The van der Waals surface area contributed by atoms with E-state index in [1.807, 2.05) is 43.0 Å². The number of benzene rings is 1. The fourth-order valence-corrected chi connectivity index (χ4v) is 4.65. The van der Waals surface area contributed by atoms with E-state index in [0.717, 1.165) is 12.0 Å². The zero-order valence-corrected chi connectivity index (χ0v) is 22.3. The third-order valence-electron chi connectivity index (χ3n) is 6.75. The van der Waals surface area contributed by atoms with Crippen LogP contribution < -0.4 is 10.6 Å². The van der Waals surface area contributed by atoms with Crippen molar-refractivity contribution >= 4 is 18.0 Å². The van der Waals surface area contributed by atoms with Crippen molar-refractivity contribution in [3.63, 3.8) is 0 Å². The number of rotatable bonds is 9. The van der Waals surface area contributed by atoms with E-state index in [-0.39, 0.29) is 18.7 Å². The van der Waals surface area contributed by atoms with E-state index < -0.39 is 12.0 Å². The maximum atomic E-state index is 13.3. The molecule has 9 heteroatoms. The van der Waals surface area contributed by atoms with Crippen LogP contribution in [0.3, 0.4) is 0 Å². The predicted molar refractivity (Wildman–Crippen MR) is 140 cm³/mol. The van der Waals surface area contributed by atoms with Gasteiger partial charge in [-0.1, -0.05) is 45.0 Å². The molecular weight excluding hydrogens is 458 g/mol. The van der Waals surface area contributed by atoms with E-state index in [4.69, 9.17) is 4.74 Å². The lowest BCUT2D eigenvalue weighted by atomic mass is 9.92. The molecule has 0 unspecified atom stereocenters. The average Bonchev–Trinajstić information content (AvgIpc) is 2.87. The van der Waals surface area contributed by atoms with Gasteiger partial charge in [-0.05, 0) is 37.3 Å². The summed E-state index contributed by atoms with van der Waals surface area (Å²) in [6, 6.07) is 7.19. The van der Waals surface area contributed by atoms with Crippen molar-refractivity contribution in [2.45, 2.75) is 53.0 Å². The highest BCUT2D eigenvalue weighted by atomic mass is 16.5. The minimum absolute atomic E-state index is 0.0416. The number of hydrogen-bond donors (Lipinski definition) is 2. The molecule has 0 aliphatic carbocycles. The van der Waals surface area contributed by atoms with E-state index >= 15 is 0 Å². The molecule has 2 N–H and O–H groups in total. The third kappa shape index (κ3) is 6.37. The van der Waals surface area contributed by atoms with Crippen LogP contribution in [0.5, 0.6) is 0 Å². The molecule has 1 atom stereocenters. The van der Waals surface area contributed by atoms with Gasteiger partial charge in [0.05, 0.1) is 18.2 Å². The zero-order chi connectivity index (χ0) is 26.2. The molecule has 4 amide bonds. The first-order valence-electron chi connectivity index (χ1n) is 13.1. The maximum absolute atomic E-state index is 13.3. The normalized spacial score (nSPS) is 18.9. The second-order valence-corrected chi connectivity index (χ2v) is 9.52. The number of nitrogens with zero attached hydrogens (tertiary/aromatic N) is 3. The number of ether oxygens (including phenoxy) is 1. The molecule has 0 radical (unpaired) electrons. The second kappa shape index (κ2) is 12.8. The van der Waals surface area contributed by atoms with Crippen LogP contribution >= 0.6 is 0 Å². The number of hydrogen-bond acceptors (Lipinski definition) is 5. The van der Waals surface area contributed by atoms with Crippen LogP contribution in [0.1, 0.15) is 64.1 Å². The van der Waals surface area contributed by atoms with Gasteiger partial charge in [0.25, 0.3) is 0 Å². The Morgan fingerprint density at radius 3 is 2.31 bits per heavy atom. The molecule has 1 aromatic rings. The topological polar surface area (TPSA) is 94.2 Å². The lowest BCUT2D eigenvalue weighted by Gasteiger charge is -2.40. The Morgan fingerprint density at radius 2 is 1.75 bits per heavy atom. The molecule has 0 spiro atoms. The van der Waals surface area contributed by atoms with E-state index in [1.54, 1.807) is 11.8 Å². The lowest BCUT2D eigenvalue weighted by molar-refractivity contribution is -0.139. The fraction of sp³-hybridized carbons (Fsp3) is 0.593. The molecule has 1 fully saturated rings. The predicted octanol–water partition coefficient (Wildman–Crippen LogP) is 3.45. The molecule has 198 valence electrons. The smallest absolute Gasteiger partial charge is 0.338 e. The standard InChI is InChI=1S/C27H41N5O4/c1-6-13-28-26(34)31-16-14-30(15-17-31)18-22-23(25(33)36-8-3)24(29-27(35)32(22)7-2)21-11-9-20(10-12-21)19(4)5/h9-12,19,24H,6-8,13-18H2,1-5H3,(H,28,34)(H,29,35)/t24-/m1/s1. The highest BCUT2D eigenvalue weighted by Crippen LogP contribution is 2.33. The number of piperazine rings is 1. The summed E-state index contributed by atoms with van der Waals surface area (Å²) in [6.07, 6.45) is 0.896. The van der Waals surface area contributed by atoms with E-state index in [1.165, 1.54) is 5.56 Å². The van der Waals surface area contributed by atoms with Crippen molar-refractivity contribution in [1.82, 2.24) is 25.3 Å². The van der Waals surface area contributed by atoms with Crippen LogP contribution in [0.25, 0.3) is 0 Å². The molecule has 3 rings (SSSR count). The Labute approximate surface area is 214 Å². The van der Waals surface area contributed by atoms with Crippen molar-refractivity contribution < 1.29 is 19.1 Å². The zero-order valence-electron chi connectivity index (χ0n) is 22.3. The number of nitrogens with one attached hydrogen (secondary N) is 2. The molecule has 0 saturated carbocycles. The quantitative estimate of drug-likeness (QED) is 0.508. The Bertz CT molecular complexity index is 951. The largest absolute Gasteiger partial charge is 0.463 e. The van der Waals surface area contributed by atoms with Gasteiger partial charge in [-0.25, -0.2) is 14.4 Å². The first-order valence-corrected chi connectivity index (χ1v) is 13.1. The molecule has 9 nitrogen and oxygen atoms in total. The summed E-state index contributed by atoms with van der Waals surface area (Å²) >= 11 is 0. The highest BCUT2D eigenvalue weighted by Gasteiger charge is 2.38. The minimum Gasteiger partial charge on any atom is -0.463 e. The number of likely N-dealkylation sites (N-methyl/N-ethyl adjacent to an activating group) is 1. The molecule has 2 aliphatic heterocycles. The van der Waals surface area contributed by atoms with Crippen LogP contribution in [0, 0.1) is 0 Å². The Hall–Kier alpha value is -3.07. The summed E-state index contributed by atoms with van der Waals surface area (Å²) in [4.78, 5) is 44.4. The van der Waals surface area contributed by atoms with Gasteiger partial charge >= 0.3 is 18.0 Å². The minimum atomic E-state index is -0.586. The monoisotopic (exact) mass is 499 g/mol.